The van der Waals surface area contributed by atoms with E-state index in [2.05, 4.69) is 20.8 Å². The average molecular weight is 309 g/mol. The maximum absolute atomic E-state index is 11.3. The zero-order valence-electron chi connectivity index (χ0n) is 11.1. The van der Waals surface area contributed by atoms with Crippen LogP contribution in [0.4, 0.5) is 5.82 Å². The van der Waals surface area contributed by atoms with Gasteiger partial charge in [-0.3, -0.25) is 15.6 Å². The van der Waals surface area contributed by atoms with Gasteiger partial charge in [0.05, 0.1) is 19.3 Å². The summed E-state index contributed by atoms with van der Waals surface area (Å²) in [6.07, 6.45) is 1.60. The molecule has 110 valence electrons. The minimum Gasteiger partial charge on any atom is -0.515 e. The normalized spacial score (nSPS) is 10.8. The Kier molecular flexibility index (Phi) is 4.78. The van der Waals surface area contributed by atoms with Crippen molar-refractivity contribution < 1.29 is 14.6 Å². The van der Waals surface area contributed by atoms with Gasteiger partial charge in [-0.25, -0.2) is 9.97 Å². The number of alkyl halides is 1. The SMILES string of the molecule is COc1cccc2c(NNC(=O)/C=C\O)nc(CCl)nc12. The second-order valence-electron chi connectivity index (χ2n) is 3.91. The molecule has 2 rings (SSSR count). The zero-order chi connectivity index (χ0) is 15.2. The molecule has 3 N–H and O–H groups in total. The second-order valence-corrected chi connectivity index (χ2v) is 4.18. The van der Waals surface area contributed by atoms with E-state index in [1.807, 2.05) is 0 Å². The number of ether oxygens (including phenoxy) is 1. The van der Waals surface area contributed by atoms with Crippen molar-refractivity contribution in [3.63, 3.8) is 0 Å². The van der Waals surface area contributed by atoms with Crippen molar-refractivity contribution in [1.82, 2.24) is 15.4 Å². The molecule has 0 fully saturated rings. The maximum atomic E-state index is 11.3. The standard InChI is InChI=1S/C13H13ClN4O3/c1-21-9-4-2-3-8-12(9)15-10(7-14)16-13(8)18-17-11(20)5-6-19/h2-6,19H,7H2,1H3,(H,17,20)(H,15,16,18)/b6-5-. The highest BCUT2D eigenvalue weighted by Crippen LogP contribution is 2.28. The predicted molar refractivity (Wildman–Crippen MR) is 79.2 cm³/mol. The second kappa shape index (κ2) is 6.76. The van der Waals surface area contributed by atoms with Crippen molar-refractivity contribution in [2.75, 3.05) is 12.5 Å². The van der Waals surface area contributed by atoms with Crippen LogP contribution in [0.3, 0.4) is 0 Å². The number of anilines is 1. The molecule has 0 radical (unpaired) electrons. The van der Waals surface area contributed by atoms with Crippen molar-refractivity contribution >= 4 is 34.2 Å². The Morgan fingerprint density at radius 1 is 1.48 bits per heavy atom. The molecule has 0 aliphatic carbocycles. The molecule has 1 amide bonds. The number of amides is 1. The number of nitrogens with zero attached hydrogens (tertiary/aromatic N) is 2. The van der Waals surface area contributed by atoms with Crippen LogP contribution in [0.2, 0.25) is 0 Å². The summed E-state index contributed by atoms with van der Waals surface area (Å²) in [6.45, 7) is 0. The van der Waals surface area contributed by atoms with Gasteiger partial charge in [0.15, 0.2) is 5.82 Å². The van der Waals surface area contributed by atoms with Crippen LogP contribution in [0.25, 0.3) is 10.9 Å². The number of carbonyl (C=O) groups excluding carboxylic acids is 1. The number of aromatic nitrogens is 2. The molecular formula is C13H13ClN4O3. The third-order valence-corrected chi connectivity index (χ3v) is 2.84. The van der Waals surface area contributed by atoms with Crippen molar-refractivity contribution in [3.8, 4) is 5.75 Å². The summed E-state index contributed by atoms with van der Waals surface area (Å²) in [4.78, 5) is 19.8. The van der Waals surface area contributed by atoms with Gasteiger partial charge in [0.1, 0.15) is 17.1 Å². The van der Waals surface area contributed by atoms with Gasteiger partial charge in [-0.2, -0.15) is 0 Å². The third kappa shape index (κ3) is 3.32. The minimum absolute atomic E-state index is 0.118. The summed E-state index contributed by atoms with van der Waals surface area (Å²) in [7, 11) is 1.54. The summed E-state index contributed by atoms with van der Waals surface area (Å²) < 4.78 is 5.25. The van der Waals surface area contributed by atoms with Crippen LogP contribution in [0.5, 0.6) is 5.75 Å². The van der Waals surface area contributed by atoms with Crippen molar-refractivity contribution in [2.45, 2.75) is 5.88 Å². The van der Waals surface area contributed by atoms with Crippen LogP contribution < -0.4 is 15.6 Å². The number of aliphatic hydroxyl groups is 1. The van der Waals surface area contributed by atoms with Gasteiger partial charge < -0.3 is 9.84 Å². The van der Waals surface area contributed by atoms with E-state index in [-0.39, 0.29) is 5.88 Å². The molecule has 8 heteroatoms. The fourth-order valence-electron chi connectivity index (χ4n) is 1.72. The fourth-order valence-corrected chi connectivity index (χ4v) is 1.84. The molecule has 1 aromatic carbocycles. The van der Waals surface area contributed by atoms with Gasteiger partial charge >= 0.3 is 0 Å². The lowest BCUT2D eigenvalue weighted by Crippen LogP contribution is -2.28. The van der Waals surface area contributed by atoms with E-state index in [1.54, 1.807) is 18.2 Å². The minimum atomic E-state index is -0.528. The molecule has 0 aliphatic heterocycles. The summed E-state index contributed by atoms with van der Waals surface area (Å²) in [5, 5.41) is 9.19. The first kappa shape index (κ1) is 14.9. The van der Waals surface area contributed by atoms with E-state index >= 15 is 0 Å². The average Bonchev–Trinajstić information content (AvgIpc) is 2.51. The molecule has 0 unspecified atom stereocenters. The highest BCUT2D eigenvalue weighted by Gasteiger charge is 2.11. The number of rotatable bonds is 5. The fraction of sp³-hybridized carbons (Fsp3) is 0.154. The number of carbonyl (C=O) groups is 1. The van der Waals surface area contributed by atoms with Crippen LogP contribution in [0.15, 0.2) is 30.5 Å². The molecule has 7 nitrogen and oxygen atoms in total. The van der Waals surface area contributed by atoms with Gasteiger partial charge in [0.2, 0.25) is 0 Å². The van der Waals surface area contributed by atoms with Crippen LogP contribution in [-0.4, -0.2) is 28.1 Å². The van der Waals surface area contributed by atoms with Crippen LogP contribution in [0.1, 0.15) is 5.82 Å². The van der Waals surface area contributed by atoms with Gasteiger partial charge in [0, 0.05) is 11.5 Å². The summed E-state index contributed by atoms with van der Waals surface area (Å²) in [5.41, 5.74) is 5.63. The first-order valence-electron chi connectivity index (χ1n) is 5.96. The van der Waals surface area contributed by atoms with Crippen molar-refractivity contribution in [2.24, 2.45) is 0 Å². The number of fused-ring (bicyclic) bond motifs is 1. The summed E-state index contributed by atoms with van der Waals surface area (Å²) in [6, 6.07) is 5.34. The van der Waals surface area contributed by atoms with Crippen LogP contribution >= 0.6 is 11.6 Å². The Morgan fingerprint density at radius 3 is 2.95 bits per heavy atom. The highest BCUT2D eigenvalue weighted by atomic mass is 35.5. The van der Waals surface area contributed by atoms with Crippen LogP contribution in [-0.2, 0) is 10.7 Å². The molecule has 0 spiro atoms. The number of hydrogen-bond donors (Lipinski definition) is 3. The van der Waals surface area contributed by atoms with Crippen molar-refractivity contribution in [3.05, 3.63) is 36.4 Å². The molecule has 1 aromatic heterocycles. The third-order valence-electron chi connectivity index (χ3n) is 2.61. The molecule has 1 heterocycles. The van der Waals surface area contributed by atoms with Crippen LogP contribution in [0, 0.1) is 0 Å². The topological polar surface area (TPSA) is 96.4 Å². The molecule has 2 aromatic rings. The van der Waals surface area contributed by atoms with Gasteiger partial charge in [-0.1, -0.05) is 6.07 Å². The number of para-hydroxylation sites is 1. The van der Waals surface area contributed by atoms with E-state index in [9.17, 15) is 4.79 Å². The Morgan fingerprint density at radius 2 is 2.29 bits per heavy atom. The lowest BCUT2D eigenvalue weighted by atomic mass is 10.2. The number of hydrazine groups is 1. The van der Waals surface area contributed by atoms with E-state index in [1.165, 1.54) is 7.11 Å². The molecule has 0 aliphatic rings. The maximum Gasteiger partial charge on any atom is 0.265 e. The highest BCUT2D eigenvalue weighted by molar-refractivity contribution is 6.16. The Hall–Kier alpha value is -2.54. The lowest BCUT2D eigenvalue weighted by Gasteiger charge is -2.11. The first-order chi connectivity index (χ1) is 10.2. The molecule has 0 saturated carbocycles. The number of benzene rings is 1. The smallest absolute Gasteiger partial charge is 0.265 e. The van der Waals surface area contributed by atoms with E-state index in [0.717, 1.165) is 6.08 Å². The van der Waals surface area contributed by atoms with Gasteiger partial charge in [-0.05, 0) is 12.1 Å². The van der Waals surface area contributed by atoms with Gasteiger partial charge in [0.25, 0.3) is 5.91 Å². The summed E-state index contributed by atoms with van der Waals surface area (Å²) in [5.74, 6) is 0.940. The number of aliphatic hydroxyl groups excluding tert-OH is 1. The Balaban J connectivity index is 2.44. The molecule has 21 heavy (non-hydrogen) atoms. The quantitative estimate of drug-likeness (QED) is 0.338. The number of nitrogens with one attached hydrogen (secondary N) is 2. The molecular weight excluding hydrogens is 296 g/mol. The van der Waals surface area contributed by atoms with E-state index < -0.39 is 5.91 Å². The zero-order valence-corrected chi connectivity index (χ0v) is 11.9. The number of halogens is 1. The van der Waals surface area contributed by atoms with Crippen molar-refractivity contribution in [1.29, 1.82) is 0 Å². The summed E-state index contributed by atoms with van der Waals surface area (Å²) >= 11 is 5.78. The van der Waals surface area contributed by atoms with E-state index in [4.69, 9.17) is 21.4 Å². The van der Waals surface area contributed by atoms with Gasteiger partial charge in [-0.15, -0.1) is 11.6 Å². The molecule has 0 bridgehead atoms. The predicted octanol–water partition coefficient (Wildman–Crippen LogP) is 1.89. The molecule has 0 atom stereocenters. The molecule has 0 saturated heterocycles. The Labute approximate surface area is 125 Å². The van der Waals surface area contributed by atoms with E-state index in [0.29, 0.717) is 34.6 Å². The largest absolute Gasteiger partial charge is 0.515 e. The first-order valence-corrected chi connectivity index (χ1v) is 6.49. The monoisotopic (exact) mass is 308 g/mol. The lowest BCUT2D eigenvalue weighted by molar-refractivity contribution is -0.116. The number of hydrogen-bond acceptors (Lipinski definition) is 6. The Bertz CT molecular complexity index is 690. The number of methoxy groups -OCH3 is 1.